The highest BCUT2D eigenvalue weighted by molar-refractivity contribution is 6.36. The van der Waals surface area contributed by atoms with Crippen molar-refractivity contribution in [3.63, 3.8) is 0 Å². The van der Waals surface area contributed by atoms with Gasteiger partial charge in [0.05, 0.1) is 17.3 Å². The third-order valence-corrected chi connectivity index (χ3v) is 5.46. The van der Waals surface area contributed by atoms with Gasteiger partial charge >= 0.3 is 0 Å². The smallest absolute Gasteiger partial charge is 0.180 e. The lowest BCUT2D eigenvalue weighted by Gasteiger charge is -2.30. The van der Waals surface area contributed by atoms with Crippen LogP contribution in [0.1, 0.15) is 12.7 Å². The fraction of sp³-hybridized carbons (Fsp3) is 0.227. The summed E-state index contributed by atoms with van der Waals surface area (Å²) in [4.78, 5) is 6.63. The number of benzene rings is 1. The molecule has 0 radical (unpaired) electrons. The van der Waals surface area contributed by atoms with Crippen LogP contribution in [0.15, 0.2) is 54.9 Å². The van der Waals surface area contributed by atoms with Crippen molar-refractivity contribution in [3.8, 4) is 16.9 Å². The summed E-state index contributed by atoms with van der Waals surface area (Å²) in [5.74, 6) is 2.43. The van der Waals surface area contributed by atoms with Crippen molar-refractivity contribution >= 4 is 28.8 Å². The van der Waals surface area contributed by atoms with Crippen LogP contribution in [0.4, 0.5) is 11.5 Å². The molecule has 0 aliphatic carbocycles. The van der Waals surface area contributed by atoms with Crippen LogP contribution in [-0.2, 0) is 11.3 Å². The Balaban J connectivity index is 1.52. The zero-order chi connectivity index (χ0) is 20.5. The van der Waals surface area contributed by atoms with E-state index in [2.05, 4.69) is 20.1 Å². The van der Waals surface area contributed by atoms with Gasteiger partial charge in [-0.05, 0) is 42.8 Å². The number of anilines is 2. The molecule has 8 heteroatoms. The van der Waals surface area contributed by atoms with Crippen molar-refractivity contribution in [1.29, 1.82) is 0 Å². The lowest BCUT2D eigenvalue weighted by molar-refractivity contribution is 0.127. The second-order valence-electron chi connectivity index (χ2n) is 6.86. The lowest BCUT2D eigenvalue weighted by atomic mass is 10.0. The predicted molar refractivity (Wildman–Crippen MR) is 116 cm³/mol. The van der Waals surface area contributed by atoms with Crippen LogP contribution in [-0.4, -0.2) is 39.3 Å². The molecule has 0 saturated carbocycles. The van der Waals surface area contributed by atoms with Gasteiger partial charge < -0.3 is 14.4 Å². The quantitative estimate of drug-likeness (QED) is 0.472. The van der Waals surface area contributed by atoms with Crippen LogP contribution >= 0.6 is 11.6 Å². The summed E-state index contributed by atoms with van der Waals surface area (Å²) in [6, 6.07) is 14.0. The summed E-state index contributed by atoms with van der Waals surface area (Å²) in [7, 11) is 0. The van der Waals surface area contributed by atoms with Gasteiger partial charge in [-0.1, -0.05) is 23.7 Å². The monoisotopic (exact) mass is 421 g/mol. The van der Waals surface area contributed by atoms with Crippen LogP contribution < -0.4 is 9.64 Å². The van der Waals surface area contributed by atoms with E-state index in [9.17, 15) is 0 Å². The van der Waals surface area contributed by atoms with Crippen molar-refractivity contribution in [3.05, 3.63) is 65.7 Å². The molecular formula is C22H20ClN5O2. The van der Waals surface area contributed by atoms with Crippen LogP contribution in [0.25, 0.3) is 16.8 Å². The first kappa shape index (κ1) is 18.8. The second-order valence-corrected chi connectivity index (χ2v) is 7.24. The van der Waals surface area contributed by atoms with Gasteiger partial charge in [-0.15, -0.1) is 10.2 Å². The zero-order valence-corrected chi connectivity index (χ0v) is 17.2. The molecular weight excluding hydrogens is 402 g/mol. The van der Waals surface area contributed by atoms with E-state index in [4.69, 9.17) is 21.1 Å². The third-order valence-electron chi connectivity index (χ3n) is 5.08. The van der Waals surface area contributed by atoms with Crippen LogP contribution in [0.5, 0.6) is 5.75 Å². The van der Waals surface area contributed by atoms with Crippen LogP contribution in [0.2, 0.25) is 5.02 Å². The van der Waals surface area contributed by atoms with Gasteiger partial charge in [-0.3, -0.25) is 4.40 Å². The summed E-state index contributed by atoms with van der Waals surface area (Å²) in [6.07, 6.45) is 3.72. The highest BCUT2D eigenvalue weighted by Gasteiger charge is 2.22. The maximum atomic E-state index is 6.71. The number of halogens is 1. The van der Waals surface area contributed by atoms with E-state index in [1.807, 2.05) is 60.0 Å². The largest absolute Gasteiger partial charge is 0.490 e. The first-order chi connectivity index (χ1) is 14.8. The number of pyridine rings is 2. The zero-order valence-electron chi connectivity index (χ0n) is 16.5. The van der Waals surface area contributed by atoms with Crippen LogP contribution in [0.3, 0.4) is 0 Å². The molecule has 5 rings (SSSR count). The predicted octanol–water partition coefficient (Wildman–Crippen LogP) is 4.51. The van der Waals surface area contributed by atoms with E-state index in [0.717, 1.165) is 40.8 Å². The average Bonchev–Trinajstić information content (AvgIpc) is 3.21. The standard InChI is InChI=1S/C22H20ClN5O2/c1-2-29-14-20-25-26-22-21(23)16(8-10-28(20)22)15-6-7-17-18(13-15)30-12-11-27(17)19-5-3-4-9-24-19/h3-10,13H,2,11-12,14H2,1H3. The van der Waals surface area contributed by atoms with Gasteiger partial charge in [0.1, 0.15) is 24.8 Å². The van der Waals surface area contributed by atoms with Crippen molar-refractivity contribution in [2.45, 2.75) is 13.5 Å². The Morgan fingerprint density at radius 3 is 2.93 bits per heavy atom. The molecule has 0 amide bonds. The van der Waals surface area contributed by atoms with Gasteiger partial charge in [0.15, 0.2) is 11.5 Å². The molecule has 30 heavy (non-hydrogen) atoms. The SMILES string of the molecule is CCOCc1nnc2c(Cl)c(-c3ccc4c(c3)OCCN4c3ccccn3)ccn12. The molecule has 0 N–H and O–H groups in total. The topological polar surface area (TPSA) is 64.8 Å². The Kier molecular flexibility index (Phi) is 4.98. The lowest BCUT2D eigenvalue weighted by Crippen LogP contribution is -2.29. The maximum Gasteiger partial charge on any atom is 0.180 e. The number of fused-ring (bicyclic) bond motifs is 2. The molecule has 1 aromatic carbocycles. The molecule has 7 nitrogen and oxygen atoms in total. The van der Waals surface area contributed by atoms with Gasteiger partial charge in [0.25, 0.3) is 0 Å². The molecule has 4 aromatic rings. The fourth-order valence-electron chi connectivity index (χ4n) is 3.63. The van der Waals surface area contributed by atoms with Crippen molar-refractivity contribution < 1.29 is 9.47 Å². The minimum atomic E-state index is 0.392. The Morgan fingerprint density at radius 1 is 1.17 bits per heavy atom. The van der Waals surface area contributed by atoms with Gasteiger partial charge in [0, 0.05) is 24.6 Å². The first-order valence-corrected chi connectivity index (χ1v) is 10.2. The molecule has 1 aliphatic heterocycles. The maximum absolute atomic E-state index is 6.71. The number of hydrogen-bond acceptors (Lipinski definition) is 6. The number of rotatable bonds is 5. The molecule has 0 spiro atoms. The molecule has 152 valence electrons. The summed E-state index contributed by atoms with van der Waals surface area (Å²) in [5, 5.41) is 9.00. The van der Waals surface area contributed by atoms with E-state index >= 15 is 0 Å². The van der Waals surface area contributed by atoms with Crippen molar-refractivity contribution in [2.24, 2.45) is 0 Å². The number of aromatic nitrogens is 4. The molecule has 4 heterocycles. The normalized spacial score (nSPS) is 13.3. The van der Waals surface area contributed by atoms with Crippen molar-refractivity contribution in [1.82, 2.24) is 19.6 Å². The van der Waals surface area contributed by atoms with E-state index < -0.39 is 0 Å². The summed E-state index contributed by atoms with van der Waals surface area (Å²) >= 11 is 6.71. The molecule has 3 aromatic heterocycles. The fourth-order valence-corrected chi connectivity index (χ4v) is 3.93. The van der Waals surface area contributed by atoms with Gasteiger partial charge in [-0.2, -0.15) is 0 Å². The van der Waals surface area contributed by atoms with E-state index in [1.165, 1.54) is 0 Å². The number of nitrogens with zero attached hydrogens (tertiary/aromatic N) is 5. The second kappa shape index (κ2) is 7.93. The highest BCUT2D eigenvalue weighted by atomic mass is 35.5. The molecule has 0 fully saturated rings. The molecule has 0 bridgehead atoms. The van der Waals surface area contributed by atoms with Gasteiger partial charge in [0.2, 0.25) is 0 Å². The Hall–Kier alpha value is -3.16. The Bertz CT molecular complexity index is 1200. The molecule has 0 atom stereocenters. The average molecular weight is 422 g/mol. The summed E-state index contributed by atoms with van der Waals surface area (Å²) in [6.45, 7) is 4.29. The van der Waals surface area contributed by atoms with E-state index in [-0.39, 0.29) is 0 Å². The van der Waals surface area contributed by atoms with Crippen LogP contribution in [0, 0.1) is 0 Å². The van der Waals surface area contributed by atoms with E-state index in [1.54, 1.807) is 6.20 Å². The van der Waals surface area contributed by atoms with E-state index in [0.29, 0.717) is 30.5 Å². The molecule has 1 aliphatic rings. The van der Waals surface area contributed by atoms with Crippen molar-refractivity contribution in [2.75, 3.05) is 24.7 Å². The minimum absolute atomic E-state index is 0.392. The molecule has 0 unspecified atom stereocenters. The van der Waals surface area contributed by atoms with Gasteiger partial charge in [-0.25, -0.2) is 4.98 Å². The molecule has 0 saturated heterocycles. The minimum Gasteiger partial charge on any atom is -0.490 e. The first-order valence-electron chi connectivity index (χ1n) is 9.82. The number of hydrogen-bond donors (Lipinski definition) is 0. The summed E-state index contributed by atoms with van der Waals surface area (Å²) < 4.78 is 13.3. The third kappa shape index (κ3) is 3.26. The highest BCUT2D eigenvalue weighted by Crippen LogP contribution is 2.40. The Labute approximate surface area is 178 Å². The number of ether oxygens (including phenoxy) is 2. The Morgan fingerprint density at radius 2 is 2.10 bits per heavy atom. The summed E-state index contributed by atoms with van der Waals surface area (Å²) in [5.41, 5.74) is 3.43.